The number of hydrogen-bond acceptors (Lipinski definition) is 5. The monoisotopic (exact) mass is 233 g/mol. The number of aromatic nitrogens is 3. The van der Waals surface area contributed by atoms with Crippen molar-refractivity contribution in [1.29, 1.82) is 0 Å². The Morgan fingerprint density at radius 2 is 2.24 bits per heavy atom. The molecule has 5 heteroatoms. The van der Waals surface area contributed by atoms with Gasteiger partial charge in [-0.05, 0) is 18.6 Å². The molecule has 1 atom stereocenters. The first-order chi connectivity index (χ1) is 8.31. The first-order valence-corrected chi connectivity index (χ1v) is 5.74. The third-order valence-electron chi connectivity index (χ3n) is 2.44. The van der Waals surface area contributed by atoms with Crippen LogP contribution in [0.1, 0.15) is 38.2 Å². The Kier molecular flexibility index (Phi) is 3.82. The Morgan fingerprint density at radius 3 is 2.94 bits per heavy atom. The minimum Gasteiger partial charge on any atom is -0.416 e. The maximum Gasteiger partial charge on any atom is 0.266 e. The molecule has 0 amide bonds. The van der Waals surface area contributed by atoms with E-state index < -0.39 is 6.10 Å². The second kappa shape index (κ2) is 5.54. The second-order valence-electron chi connectivity index (χ2n) is 3.82. The van der Waals surface area contributed by atoms with Crippen LogP contribution in [0.15, 0.2) is 28.8 Å². The average molecular weight is 233 g/mol. The Labute approximate surface area is 99.5 Å². The smallest absolute Gasteiger partial charge is 0.266 e. The summed E-state index contributed by atoms with van der Waals surface area (Å²) in [7, 11) is 0. The van der Waals surface area contributed by atoms with Crippen LogP contribution in [0.4, 0.5) is 0 Å². The maximum atomic E-state index is 9.80. The van der Waals surface area contributed by atoms with Crippen LogP contribution >= 0.6 is 0 Å². The van der Waals surface area contributed by atoms with Gasteiger partial charge in [0.2, 0.25) is 5.89 Å². The molecule has 2 aromatic heterocycles. The Bertz CT molecular complexity index is 456. The van der Waals surface area contributed by atoms with Crippen molar-refractivity contribution < 1.29 is 9.52 Å². The van der Waals surface area contributed by atoms with Crippen LogP contribution in [0.25, 0.3) is 11.6 Å². The first-order valence-electron chi connectivity index (χ1n) is 5.74. The molecule has 0 aliphatic heterocycles. The predicted octanol–water partition coefficient (Wildman–Crippen LogP) is 2.36. The summed E-state index contributed by atoms with van der Waals surface area (Å²) in [5.41, 5.74) is 0.619. The standard InChI is InChI=1S/C12H15N3O2/c1-2-3-7-10(16)12-15-14-11(17-12)9-6-4-5-8-13-9/h4-6,8,10,16H,2-3,7H2,1H3. The molecule has 0 spiro atoms. The lowest BCUT2D eigenvalue weighted by Crippen LogP contribution is -1.97. The van der Waals surface area contributed by atoms with Crippen molar-refractivity contribution in [2.24, 2.45) is 0 Å². The summed E-state index contributed by atoms with van der Waals surface area (Å²) in [5.74, 6) is 0.607. The van der Waals surface area contributed by atoms with E-state index in [0.29, 0.717) is 18.0 Å². The fourth-order valence-corrected chi connectivity index (χ4v) is 1.48. The summed E-state index contributed by atoms with van der Waals surface area (Å²) in [5, 5.41) is 17.5. The number of aliphatic hydroxyl groups is 1. The molecule has 0 fully saturated rings. The topological polar surface area (TPSA) is 72.0 Å². The van der Waals surface area contributed by atoms with Crippen molar-refractivity contribution in [1.82, 2.24) is 15.2 Å². The Morgan fingerprint density at radius 1 is 1.35 bits per heavy atom. The molecule has 90 valence electrons. The van der Waals surface area contributed by atoms with Gasteiger partial charge in [0, 0.05) is 6.20 Å². The van der Waals surface area contributed by atoms with Gasteiger partial charge in [0.1, 0.15) is 11.8 Å². The van der Waals surface area contributed by atoms with E-state index in [9.17, 15) is 5.11 Å². The van der Waals surface area contributed by atoms with E-state index in [2.05, 4.69) is 22.1 Å². The molecule has 1 unspecified atom stereocenters. The SMILES string of the molecule is CCCCC(O)c1nnc(-c2ccccn2)o1. The Hall–Kier alpha value is -1.75. The number of nitrogens with zero attached hydrogens (tertiary/aromatic N) is 3. The largest absolute Gasteiger partial charge is 0.416 e. The van der Waals surface area contributed by atoms with Gasteiger partial charge in [-0.1, -0.05) is 25.8 Å². The molecular formula is C12H15N3O2. The van der Waals surface area contributed by atoms with Crippen LogP contribution in [0.3, 0.4) is 0 Å². The van der Waals surface area contributed by atoms with Crippen molar-refractivity contribution in [2.45, 2.75) is 32.3 Å². The quantitative estimate of drug-likeness (QED) is 0.858. The lowest BCUT2D eigenvalue weighted by atomic mass is 10.2. The molecule has 17 heavy (non-hydrogen) atoms. The normalized spacial score (nSPS) is 12.6. The number of rotatable bonds is 5. The average Bonchev–Trinajstić information content (AvgIpc) is 2.86. The second-order valence-corrected chi connectivity index (χ2v) is 3.82. The molecule has 2 heterocycles. The molecule has 0 aliphatic rings. The molecular weight excluding hydrogens is 218 g/mol. The summed E-state index contributed by atoms with van der Waals surface area (Å²) in [4.78, 5) is 4.11. The molecule has 2 rings (SSSR count). The van der Waals surface area contributed by atoms with Gasteiger partial charge in [-0.15, -0.1) is 10.2 Å². The fourth-order valence-electron chi connectivity index (χ4n) is 1.48. The lowest BCUT2D eigenvalue weighted by Gasteiger charge is -2.03. The van der Waals surface area contributed by atoms with Gasteiger partial charge in [0.05, 0.1) is 0 Å². The highest BCUT2D eigenvalue weighted by Crippen LogP contribution is 2.21. The summed E-state index contributed by atoms with van der Waals surface area (Å²) >= 11 is 0. The van der Waals surface area contributed by atoms with Crippen molar-refractivity contribution in [2.75, 3.05) is 0 Å². The van der Waals surface area contributed by atoms with E-state index in [4.69, 9.17) is 4.42 Å². The van der Waals surface area contributed by atoms with Crippen molar-refractivity contribution in [3.8, 4) is 11.6 Å². The van der Waals surface area contributed by atoms with E-state index in [0.717, 1.165) is 12.8 Å². The van der Waals surface area contributed by atoms with Crippen LogP contribution in [-0.4, -0.2) is 20.3 Å². The predicted molar refractivity (Wildman–Crippen MR) is 62.0 cm³/mol. The molecule has 0 radical (unpaired) electrons. The summed E-state index contributed by atoms with van der Waals surface area (Å²) in [6.07, 6.45) is 3.58. The molecule has 0 aromatic carbocycles. The van der Waals surface area contributed by atoms with Gasteiger partial charge in [-0.2, -0.15) is 0 Å². The van der Waals surface area contributed by atoms with Crippen LogP contribution in [0.5, 0.6) is 0 Å². The van der Waals surface area contributed by atoms with Crippen LogP contribution in [0.2, 0.25) is 0 Å². The van der Waals surface area contributed by atoms with Crippen LogP contribution in [0, 0.1) is 0 Å². The number of unbranched alkanes of at least 4 members (excludes halogenated alkanes) is 1. The summed E-state index contributed by atoms with van der Waals surface area (Å²) < 4.78 is 5.39. The van der Waals surface area contributed by atoms with Gasteiger partial charge >= 0.3 is 0 Å². The molecule has 0 saturated carbocycles. The van der Waals surface area contributed by atoms with Crippen molar-refractivity contribution >= 4 is 0 Å². The zero-order valence-corrected chi connectivity index (χ0v) is 9.71. The number of hydrogen-bond donors (Lipinski definition) is 1. The van der Waals surface area contributed by atoms with Gasteiger partial charge in [-0.25, -0.2) is 0 Å². The molecule has 0 saturated heterocycles. The van der Waals surface area contributed by atoms with E-state index in [1.807, 2.05) is 12.1 Å². The zero-order valence-electron chi connectivity index (χ0n) is 9.71. The van der Waals surface area contributed by atoms with E-state index in [1.54, 1.807) is 12.3 Å². The molecule has 1 N–H and O–H groups in total. The van der Waals surface area contributed by atoms with Gasteiger partial charge in [-0.3, -0.25) is 4.98 Å². The van der Waals surface area contributed by atoms with Crippen molar-refractivity contribution in [3.63, 3.8) is 0 Å². The van der Waals surface area contributed by atoms with Gasteiger partial charge < -0.3 is 9.52 Å². The maximum absolute atomic E-state index is 9.80. The van der Waals surface area contributed by atoms with Crippen molar-refractivity contribution in [3.05, 3.63) is 30.3 Å². The van der Waals surface area contributed by atoms with Gasteiger partial charge in [0.15, 0.2) is 0 Å². The number of pyridine rings is 1. The molecule has 0 aliphatic carbocycles. The fraction of sp³-hybridized carbons (Fsp3) is 0.417. The highest BCUT2D eigenvalue weighted by Gasteiger charge is 2.16. The molecule has 2 aromatic rings. The third kappa shape index (κ3) is 2.88. The zero-order chi connectivity index (χ0) is 12.1. The molecule has 5 nitrogen and oxygen atoms in total. The van der Waals surface area contributed by atoms with E-state index >= 15 is 0 Å². The van der Waals surface area contributed by atoms with Gasteiger partial charge in [0.25, 0.3) is 5.89 Å². The highest BCUT2D eigenvalue weighted by molar-refractivity contribution is 5.44. The van der Waals surface area contributed by atoms with Crippen LogP contribution in [-0.2, 0) is 0 Å². The Balaban J connectivity index is 2.11. The highest BCUT2D eigenvalue weighted by atomic mass is 16.4. The minimum absolute atomic E-state index is 0.263. The summed E-state index contributed by atoms with van der Waals surface area (Å²) in [6, 6.07) is 5.45. The number of aliphatic hydroxyl groups excluding tert-OH is 1. The van der Waals surface area contributed by atoms with E-state index in [1.165, 1.54) is 0 Å². The summed E-state index contributed by atoms with van der Waals surface area (Å²) in [6.45, 7) is 2.07. The van der Waals surface area contributed by atoms with E-state index in [-0.39, 0.29) is 5.89 Å². The molecule has 0 bridgehead atoms. The third-order valence-corrected chi connectivity index (χ3v) is 2.44. The van der Waals surface area contributed by atoms with Crippen LogP contribution < -0.4 is 0 Å². The first kappa shape index (κ1) is 11.7. The minimum atomic E-state index is -0.681. The lowest BCUT2D eigenvalue weighted by molar-refractivity contribution is 0.132.